The Morgan fingerprint density at radius 1 is 0.944 bits per heavy atom. The lowest BCUT2D eigenvalue weighted by atomic mass is 9.84. The molecule has 3 aromatic carbocycles. The van der Waals surface area contributed by atoms with Crippen LogP contribution in [0.5, 0.6) is 11.5 Å². The molecule has 0 amide bonds. The third-order valence-corrected chi connectivity index (χ3v) is 9.05. The molecule has 0 saturated heterocycles. The number of halogens is 4. The van der Waals surface area contributed by atoms with Crippen molar-refractivity contribution < 1.29 is 14.6 Å². The van der Waals surface area contributed by atoms with E-state index in [0.717, 1.165) is 67.3 Å². The summed E-state index contributed by atoms with van der Waals surface area (Å²) in [7, 11) is 0. The van der Waals surface area contributed by atoms with Crippen molar-refractivity contribution in [2.75, 3.05) is 18.0 Å². The number of carboxylic acid groups (broad SMARTS) is 1. The van der Waals surface area contributed by atoms with E-state index in [-0.39, 0.29) is 31.2 Å². The molecule has 6 rings (SSSR count). The molecule has 4 nitrogen and oxygen atoms in total. The molecule has 0 radical (unpaired) electrons. The number of carbonyl (C=O) groups is 1. The Morgan fingerprint density at radius 2 is 1.69 bits per heavy atom. The van der Waals surface area contributed by atoms with Crippen molar-refractivity contribution in [1.29, 1.82) is 0 Å². The Balaban J connectivity index is 1.80. The first-order valence-corrected chi connectivity index (χ1v) is 13.3. The molecule has 8 heteroatoms. The van der Waals surface area contributed by atoms with Crippen LogP contribution in [0.4, 0.5) is 5.69 Å². The molecule has 0 aliphatic carbocycles. The largest absolute Gasteiger partial charge is 0.478 e. The number of fused-ring (bicyclic) bond motifs is 3. The van der Waals surface area contributed by atoms with Gasteiger partial charge >= 0.3 is 5.97 Å². The summed E-state index contributed by atoms with van der Waals surface area (Å²) in [6.45, 7) is 6.10. The van der Waals surface area contributed by atoms with Gasteiger partial charge in [0.2, 0.25) is 0 Å². The van der Waals surface area contributed by atoms with Crippen LogP contribution in [0.2, 0.25) is 20.1 Å². The Kier molecular flexibility index (Phi) is 5.92. The van der Waals surface area contributed by atoms with Crippen molar-refractivity contribution in [2.24, 2.45) is 0 Å². The maximum atomic E-state index is 12.5. The van der Waals surface area contributed by atoms with Crippen LogP contribution in [0.3, 0.4) is 0 Å². The molecule has 3 aliphatic rings. The molecule has 36 heavy (non-hydrogen) atoms. The lowest BCUT2D eigenvalue weighted by Gasteiger charge is -2.35. The number of aromatic carboxylic acids is 1. The van der Waals surface area contributed by atoms with E-state index in [9.17, 15) is 9.90 Å². The van der Waals surface area contributed by atoms with E-state index in [0.29, 0.717) is 16.5 Å². The molecule has 0 unspecified atom stereocenters. The van der Waals surface area contributed by atoms with Crippen molar-refractivity contribution in [2.45, 2.75) is 32.1 Å². The van der Waals surface area contributed by atoms with E-state index >= 15 is 0 Å². The fourth-order valence-electron chi connectivity index (χ4n) is 5.74. The lowest BCUT2D eigenvalue weighted by molar-refractivity contribution is 0.0696. The average molecular weight is 561 g/mol. The highest BCUT2D eigenvalue weighted by atomic mass is 35.5. The first kappa shape index (κ1) is 24.0. The van der Waals surface area contributed by atoms with Crippen LogP contribution in [0.25, 0.3) is 12.2 Å². The van der Waals surface area contributed by atoms with Gasteiger partial charge in [-0.1, -0.05) is 65.1 Å². The third kappa shape index (κ3) is 3.53. The van der Waals surface area contributed by atoms with E-state index in [4.69, 9.17) is 51.1 Å². The predicted octanol–water partition coefficient (Wildman–Crippen LogP) is 6.85. The fraction of sp³-hybridized carbons (Fsp3) is 0.250. The number of benzene rings is 3. The van der Waals surface area contributed by atoms with Gasteiger partial charge in [0, 0.05) is 46.3 Å². The number of ether oxygens (including phenoxy) is 1. The lowest BCUT2D eigenvalue weighted by Crippen LogP contribution is -2.31. The molecule has 184 valence electrons. The van der Waals surface area contributed by atoms with Crippen molar-refractivity contribution in [3.63, 3.8) is 0 Å². The second-order valence-corrected chi connectivity index (χ2v) is 10.9. The minimum Gasteiger partial charge on any atom is -0.478 e. The van der Waals surface area contributed by atoms with E-state index < -0.39 is 5.97 Å². The summed E-state index contributed by atoms with van der Waals surface area (Å²) in [5.74, 6) is 0.0678. The van der Waals surface area contributed by atoms with Gasteiger partial charge in [-0.3, -0.25) is 0 Å². The van der Waals surface area contributed by atoms with E-state index in [1.54, 1.807) is 0 Å². The zero-order valence-corrected chi connectivity index (χ0v) is 22.2. The van der Waals surface area contributed by atoms with Gasteiger partial charge in [-0.05, 0) is 55.0 Å². The van der Waals surface area contributed by atoms with Crippen LogP contribution in [0, 0.1) is 0 Å². The van der Waals surface area contributed by atoms with Gasteiger partial charge in [-0.15, -0.1) is 0 Å². The predicted molar refractivity (Wildman–Crippen MR) is 146 cm³/mol. The van der Waals surface area contributed by atoms with Gasteiger partial charge in [0.15, 0.2) is 0 Å². The molecule has 0 saturated carbocycles. The molecule has 0 spiro atoms. The Labute approximate surface area is 228 Å². The van der Waals surface area contributed by atoms with Crippen LogP contribution < -0.4 is 20.1 Å². The first-order valence-electron chi connectivity index (χ1n) is 11.8. The standard InChI is InChI=1S/C28H21Cl4NO3/c1-13-7-8-15-18(11-13)36-27-16-6-4-10-33-9-3-2-5-14(26(16)33)12-17(27)19(15)20-21(28(34)35)23(30)25(32)24(31)22(20)29/h7-8,11-12H,1-6,9-10H2,(H,34,35). The van der Waals surface area contributed by atoms with Gasteiger partial charge in [0.05, 0.1) is 25.7 Å². The van der Waals surface area contributed by atoms with Crippen molar-refractivity contribution in [3.8, 4) is 11.5 Å². The van der Waals surface area contributed by atoms with Gasteiger partial charge in [0.25, 0.3) is 0 Å². The van der Waals surface area contributed by atoms with Crippen molar-refractivity contribution >= 4 is 70.2 Å². The maximum Gasteiger partial charge on any atom is 0.337 e. The summed E-state index contributed by atoms with van der Waals surface area (Å²) in [6.07, 6.45) is 5.03. The third-order valence-electron chi connectivity index (χ3n) is 7.25. The van der Waals surface area contributed by atoms with Crippen molar-refractivity contribution in [3.05, 3.63) is 82.6 Å². The Morgan fingerprint density at radius 3 is 2.47 bits per heavy atom. The van der Waals surface area contributed by atoms with Gasteiger partial charge in [-0.2, -0.15) is 0 Å². The SMILES string of the molecule is C=c1ccc2c(c1)Oc1c(cc3c4c1CCCN4CCCC3)C=2c1c(Cl)c(Cl)c(Cl)c(Cl)c1C(=O)O. The minimum absolute atomic E-state index is 0.0153. The van der Waals surface area contributed by atoms with E-state index in [1.165, 1.54) is 11.3 Å². The zero-order valence-electron chi connectivity index (χ0n) is 19.2. The smallest absolute Gasteiger partial charge is 0.337 e. The molecular formula is C28H21Cl4NO3. The van der Waals surface area contributed by atoms with Crippen molar-refractivity contribution in [1.82, 2.24) is 0 Å². The first-order chi connectivity index (χ1) is 17.3. The molecular weight excluding hydrogens is 540 g/mol. The monoisotopic (exact) mass is 559 g/mol. The maximum absolute atomic E-state index is 12.5. The summed E-state index contributed by atoms with van der Waals surface area (Å²) in [4.78, 5) is 15.0. The summed E-state index contributed by atoms with van der Waals surface area (Å²) in [5, 5.41) is 11.5. The molecule has 3 aromatic rings. The quantitative estimate of drug-likeness (QED) is 0.215. The molecule has 3 heterocycles. The highest BCUT2D eigenvalue weighted by Crippen LogP contribution is 2.51. The number of nitrogens with zero attached hydrogens (tertiary/aromatic N) is 1. The number of carboxylic acids is 1. The zero-order chi connectivity index (χ0) is 25.3. The number of anilines is 1. The van der Waals surface area contributed by atoms with Gasteiger partial charge in [0.1, 0.15) is 11.5 Å². The van der Waals surface area contributed by atoms with Gasteiger partial charge < -0.3 is 14.7 Å². The average Bonchev–Trinajstić information content (AvgIpc) is 3.07. The number of hydrogen-bond donors (Lipinski definition) is 1. The molecule has 1 N–H and O–H groups in total. The highest BCUT2D eigenvalue weighted by Gasteiger charge is 2.35. The van der Waals surface area contributed by atoms with Crippen LogP contribution in [-0.2, 0) is 12.8 Å². The molecule has 0 aromatic heterocycles. The summed E-state index contributed by atoms with van der Waals surface area (Å²) in [6, 6.07) is 7.71. The van der Waals surface area contributed by atoms with E-state index in [1.807, 2.05) is 18.2 Å². The normalized spacial score (nSPS) is 16.0. The summed E-state index contributed by atoms with van der Waals surface area (Å²) < 4.78 is 6.58. The van der Waals surface area contributed by atoms with Crippen LogP contribution in [0.15, 0.2) is 24.3 Å². The second kappa shape index (κ2) is 8.88. The molecule has 3 aliphatic heterocycles. The van der Waals surface area contributed by atoms with Crippen LogP contribution >= 0.6 is 46.4 Å². The number of hydrogen-bond acceptors (Lipinski definition) is 3. The minimum atomic E-state index is -1.24. The Hall–Kier alpha value is -2.37. The number of aryl methyl sites for hydroxylation is 1. The van der Waals surface area contributed by atoms with Crippen LogP contribution in [0.1, 0.15) is 51.9 Å². The van der Waals surface area contributed by atoms with E-state index in [2.05, 4.69) is 17.5 Å². The highest BCUT2D eigenvalue weighted by molar-refractivity contribution is 6.53. The Bertz CT molecular complexity index is 1600. The molecule has 0 atom stereocenters. The van der Waals surface area contributed by atoms with Crippen LogP contribution in [-0.4, -0.2) is 24.2 Å². The molecule has 0 bridgehead atoms. The molecule has 0 fully saturated rings. The second-order valence-electron chi connectivity index (χ2n) is 9.41. The topological polar surface area (TPSA) is 49.8 Å². The van der Waals surface area contributed by atoms with Gasteiger partial charge in [-0.25, -0.2) is 4.79 Å². The fourth-order valence-corrected chi connectivity index (χ4v) is 6.77. The summed E-state index contributed by atoms with van der Waals surface area (Å²) >= 11 is 26.0. The summed E-state index contributed by atoms with van der Waals surface area (Å²) in [5.41, 5.74) is 5.09. The number of rotatable bonds is 2.